The van der Waals surface area contributed by atoms with Crippen molar-refractivity contribution in [3.8, 4) is 0 Å². The van der Waals surface area contributed by atoms with Gasteiger partial charge in [0.25, 0.3) is 0 Å². The van der Waals surface area contributed by atoms with Crippen LogP contribution in [0.5, 0.6) is 0 Å². The van der Waals surface area contributed by atoms with Gasteiger partial charge in [0.05, 0.1) is 13.0 Å². The van der Waals surface area contributed by atoms with Gasteiger partial charge in [-0.05, 0) is 35.7 Å². The minimum atomic E-state index is -0.235. The predicted molar refractivity (Wildman–Crippen MR) is 84.3 cm³/mol. The SMILES string of the molecule is COC(=O)[C@H](c1cccc2ccccc12)[C@H]1CCCCN1. The fourth-order valence-electron chi connectivity index (χ4n) is 3.32. The maximum absolute atomic E-state index is 12.4. The number of piperidine rings is 1. The molecule has 1 fully saturated rings. The molecule has 1 saturated heterocycles. The number of esters is 1. The Hall–Kier alpha value is -1.87. The normalized spacial score (nSPS) is 20.1. The molecule has 0 aromatic heterocycles. The van der Waals surface area contributed by atoms with Crippen LogP contribution in [0.2, 0.25) is 0 Å². The lowest BCUT2D eigenvalue weighted by atomic mass is 9.84. The lowest BCUT2D eigenvalue weighted by molar-refractivity contribution is -0.143. The van der Waals surface area contributed by atoms with Gasteiger partial charge in [-0.3, -0.25) is 4.79 Å². The molecule has 1 heterocycles. The quantitative estimate of drug-likeness (QED) is 0.879. The molecule has 1 N–H and O–H groups in total. The summed E-state index contributed by atoms with van der Waals surface area (Å²) in [4.78, 5) is 12.4. The first-order chi connectivity index (χ1) is 10.3. The summed E-state index contributed by atoms with van der Waals surface area (Å²) in [6, 6.07) is 14.5. The number of carbonyl (C=O) groups is 1. The van der Waals surface area contributed by atoms with Crippen molar-refractivity contribution >= 4 is 16.7 Å². The van der Waals surface area contributed by atoms with Crippen LogP contribution in [-0.2, 0) is 9.53 Å². The summed E-state index contributed by atoms with van der Waals surface area (Å²) in [5.74, 6) is -0.382. The van der Waals surface area contributed by atoms with E-state index in [1.165, 1.54) is 18.9 Å². The molecule has 1 aliphatic heterocycles. The van der Waals surface area contributed by atoms with Crippen LogP contribution in [0.3, 0.4) is 0 Å². The van der Waals surface area contributed by atoms with Crippen molar-refractivity contribution in [3.05, 3.63) is 48.0 Å². The van der Waals surface area contributed by atoms with Gasteiger partial charge in [0, 0.05) is 6.04 Å². The van der Waals surface area contributed by atoms with Crippen molar-refractivity contribution in [2.45, 2.75) is 31.2 Å². The Balaban J connectivity index is 2.07. The van der Waals surface area contributed by atoms with Crippen LogP contribution in [0.15, 0.2) is 42.5 Å². The Kier molecular flexibility index (Phi) is 4.20. The molecule has 3 heteroatoms. The highest BCUT2D eigenvalue weighted by atomic mass is 16.5. The molecule has 0 spiro atoms. The third-order valence-electron chi connectivity index (χ3n) is 4.36. The van der Waals surface area contributed by atoms with E-state index in [1.54, 1.807) is 0 Å². The molecular formula is C18H21NO2. The van der Waals surface area contributed by atoms with Crippen molar-refractivity contribution in [2.75, 3.05) is 13.7 Å². The van der Waals surface area contributed by atoms with Gasteiger partial charge in [-0.1, -0.05) is 48.9 Å². The van der Waals surface area contributed by atoms with Crippen molar-refractivity contribution < 1.29 is 9.53 Å². The van der Waals surface area contributed by atoms with Gasteiger partial charge >= 0.3 is 5.97 Å². The number of rotatable bonds is 3. The second-order valence-electron chi connectivity index (χ2n) is 5.63. The standard InChI is InChI=1S/C18H21NO2/c1-21-18(20)17(16-11-4-5-12-19-16)15-10-6-8-13-7-2-3-9-14(13)15/h2-3,6-10,16-17,19H,4-5,11-12H2,1H3/t16-,17-/m1/s1. The van der Waals surface area contributed by atoms with Gasteiger partial charge in [-0.15, -0.1) is 0 Å². The molecule has 0 amide bonds. The minimum Gasteiger partial charge on any atom is -0.469 e. The van der Waals surface area contributed by atoms with E-state index in [0.717, 1.165) is 30.3 Å². The van der Waals surface area contributed by atoms with Gasteiger partial charge in [0.15, 0.2) is 0 Å². The first kappa shape index (κ1) is 14.1. The number of hydrogen-bond acceptors (Lipinski definition) is 3. The Labute approximate surface area is 125 Å². The highest BCUT2D eigenvalue weighted by Crippen LogP contribution is 2.31. The maximum atomic E-state index is 12.4. The lowest BCUT2D eigenvalue weighted by Crippen LogP contribution is -2.42. The minimum absolute atomic E-state index is 0.147. The Morgan fingerprint density at radius 2 is 2.00 bits per heavy atom. The molecule has 3 rings (SSSR count). The second kappa shape index (κ2) is 6.27. The Bertz CT molecular complexity index is 627. The van der Waals surface area contributed by atoms with Crippen molar-refractivity contribution in [2.24, 2.45) is 0 Å². The van der Waals surface area contributed by atoms with Crippen LogP contribution in [0, 0.1) is 0 Å². The number of hydrogen-bond donors (Lipinski definition) is 1. The van der Waals surface area contributed by atoms with Crippen molar-refractivity contribution in [1.29, 1.82) is 0 Å². The van der Waals surface area contributed by atoms with Crippen LogP contribution in [0.1, 0.15) is 30.7 Å². The van der Waals surface area contributed by atoms with E-state index in [0.29, 0.717) is 0 Å². The van der Waals surface area contributed by atoms with Crippen LogP contribution < -0.4 is 5.32 Å². The molecule has 3 nitrogen and oxygen atoms in total. The molecular weight excluding hydrogens is 262 g/mol. The zero-order chi connectivity index (χ0) is 14.7. The van der Waals surface area contributed by atoms with E-state index in [1.807, 2.05) is 18.2 Å². The van der Waals surface area contributed by atoms with Gasteiger partial charge in [-0.2, -0.15) is 0 Å². The number of carbonyl (C=O) groups excluding carboxylic acids is 1. The molecule has 0 radical (unpaired) electrons. The topological polar surface area (TPSA) is 38.3 Å². The smallest absolute Gasteiger partial charge is 0.314 e. The summed E-state index contributed by atoms with van der Waals surface area (Å²) < 4.78 is 5.09. The summed E-state index contributed by atoms with van der Waals surface area (Å²) in [5.41, 5.74) is 1.07. The number of benzene rings is 2. The maximum Gasteiger partial charge on any atom is 0.314 e. The molecule has 0 bridgehead atoms. The predicted octanol–water partition coefficient (Wildman–Crippen LogP) is 3.24. The van der Waals surface area contributed by atoms with Crippen LogP contribution in [0.25, 0.3) is 10.8 Å². The third-order valence-corrected chi connectivity index (χ3v) is 4.36. The van der Waals surface area contributed by atoms with E-state index >= 15 is 0 Å². The second-order valence-corrected chi connectivity index (χ2v) is 5.63. The fraction of sp³-hybridized carbons (Fsp3) is 0.389. The van der Waals surface area contributed by atoms with E-state index in [-0.39, 0.29) is 17.9 Å². The number of methoxy groups -OCH3 is 1. The lowest BCUT2D eigenvalue weighted by Gasteiger charge is -2.30. The summed E-state index contributed by atoms with van der Waals surface area (Å²) >= 11 is 0. The summed E-state index contributed by atoms with van der Waals surface area (Å²) in [7, 11) is 1.48. The summed E-state index contributed by atoms with van der Waals surface area (Å²) in [6.07, 6.45) is 3.36. The van der Waals surface area contributed by atoms with Crippen LogP contribution >= 0.6 is 0 Å². The van der Waals surface area contributed by atoms with E-state index in [4.69, 9.17) is 4.74 Å². The monoisotopic (exact) mass is 283 g/mol. The van der Waals surface area contributed by atoms with E-state index < -0.39 is 0 Å². The molecule has 0 unspecified atom stereocenters. The molecule has 0 aliphatic carbocycles. The molecule has 2 atom stereocenters. The molecule has 2 aromatic rings. The van der Waals surface area contributed by atoms with E-state index in [2.05, 4.69) is 29.6 Å². The van der Waals surface area contributed by atoms with Crippen molar-refractivity contribution in [1.82, 2.24) is 5.32 Å². The molecule has 21 heavy (non-hydrogen) atoms. The van der Waals surface area contributed by atoms with Gasteiger partial charge in [0.1, 0.15) is 0 Å². The van der Waals surface area contributed by atoms with Crippen molar-refractivity contribution in [3.63, 3.8) is 0 Å². The first-order valence-electron chi connectivity index (χ1n) is 7.60. The highest BCUT2D eigenvalue weighted by molar-refractivity contribution is 5.91. The molecule has 1 aliphatic rings. The largest absolute Gasteiger partial charge is 0.469 e. The van der Waals surface area contributed by atoms with Gasteiger partial charge in [-0.25, -0.2) is 0 Å². The molecule has 110 valence electrons. The van der Waals surface area contributed by atoms with Gasteiger partial charge < -0.3 is 10.1 Å². The highest BCUT2D eigenvalue weighted by Gasteiger charge is 2.32. The molecule has 0 saturated carbocycles. The number of ether oxygens (including phenoxy) is 1. The average molecular weight is 283 g/mol. The molecule has 2 aromatic carbocycles. The van der Waals surface area contributed by atoms with Crippen LogP contribution in [0.4, 0.5) is 0 Å². The Morgan fingerprint density at radius 3 is 2.76 bits per heavy atom. The Morgan fingerprint density at radius 1 is 1.19 bits per heavy atom. The zero-order valence-corrected chi connectivity index (χ0v) is 12.3. The first-order valence-corrected chi connectivity index (χ1v) is 7.60. The van der Waals surface area contributed by atoms with Crippen LogP contribution in [-0.4, -0.2) is 25.7 Å². The average Bonchev–Trinajstić information content (AvgIpc) is 2.56. The van der Waals surface area contributed by atoms with Gasteiger partial charge in [0.2, 0.25) is 0 Å². The third kappa shape index (κ3) is 2.79. The summed E-state index contributed by atoms with van der Waals surface area (Å²) in [5, 5.41) is 5.80. The summed E-state index contributed by atoms with van der Waals surface area (Å²) in [6.45, 7) is 0.975. The van der Waals surface area contributed by atoms with E-state index in [9.17, 15) is 4.79 Å². The number of nitrogens with one attached hydrogen (secondary N) is 1. The fourth-order valence-corrected chi connectivity index (χ4v) is 3.32. The zero-order valence-electron chi connectivity index (χ0n) is 12.3. The number of fused-ring (bicyclic) bond motifs is 1.